The van der Waals surface area contributed by atoms with Crippen molar-refractivity contribution in [2.75, 3.05) is 13.7 Å². The first kappa shape index (κ1) is 23.9. The second-order valence-electron chi connectivity index (χ2n) is 8.62. The average Bonchev–Trinajstić information content (AvgIpc) is 2.87. The van der Waals surface area contributed by atoms with E-state index in [1.165, 1.54) is 6.07 Å². The third-order valence-corrected chi connectivity index (χ3v) is 6.51. The third-order valence-electron chi connectivity index (χ3n) is 6.51. The van der Waals surface area contributed by atoms with Crippen molar-refractivity contribution in [2.45, 2.75) is 39.0 Å². The van der Waals surface area contributed by atoms with E-state index in [0.29, 0.717) is 35.8 Å². The van der Waals surface area contributed by atoms with Gasteiger partial charge < -0.3 is 9.47 Å². The molecule has 5 heteroatoms. The molecule has 0 fully saturated rings. The molecule has 0 spiro atoms. The van der Waals surface area contributed by atoms with Crippen LogP contribution < -0.4 is 9.47 Å². The van der Waals surface area contributed by atoms with Gasteiger partial charge in [0, 0.05) is 5.56 Å². The average molecular weight is 467 g/mol. The first-order valence-electron chi connectivity index (χ1n) is 11.7. The number of allylic oxidation sites excluding steroid dienone is 2. The zero-order valence-electron chi connectivity index (χ0n) is 19.5. The van der Waals surface area contributed by atoms with Gasteiger partial charge in [0.2, 0.25) is 0 Å². The van der Waals surface area contributed by atoms with E-state index in [0.717, 1.165) is 36.8 Å². The van der Waals surface area contributed by atoms with Gasteiger partial charge in [0.1, 0.15) is 5.75 Å². The number of rotatable bonds is 8. The Labute approximate surface area is 199 Å². The fraction of sp³-hybridized carbons (Fsp3) is 0.310. The molecule has 0 N–H and O–H groups in total. The standard InChI is InChI=1S/C29H29F3O2/c1-3-34-27-17-13-23(18-26(27)30)20-7-4-19(5-8-20)6-9-22-12-16-25(29(32)28(22)31)21-10-14-24(33-2)15-11-21/h7,10-19H,3-6,8-9H2,1-2H3. The summed E-state index contributed by atoms with van der Waals surface area (Å²) >= 11 is 0. The normalized spacial score (nSPS) is 15.7. The van der Waals surface area contributed by atoms with Gasteiger partial charge in [-0.1, -0.05) is 36.4 Å². The lowest BCUT2D eigenvalue weighted by molar-refractivity contribution is 0.321. The molecule has 0 bridgehead atoms. The largest absolute Gasteiger partial charge is 0.497 e. The Morgan fingerprint density at radius 2 is 1.68 bits per heavy atom. The first-order chi connectivity index (χ1) is 16.5. The van der Waals surface area contributed by atoms with Crippen LogP contribution >= 0.6 is 0 Å². The second kappa shape index (κ2) is 10.8. The summed E-state index contributed by atoms with van der Waals surface area (Å²) in [4.78, 5) is 0. The van der Waals surface area contributed by atoms with Crippen LogP contribution in [0, 0.1) is 23.4 Å². The van der Waals surface area contributed by atoms with Crippen LogP contribution in [0.25, 0.3) is 16.7 Å². The molecule has 178 valence electrons. The van der Waals surface area contributed by atoms with E-state index in [2.05, 4.69) is 6.08 Å². The molecule has 2 nitrogen and oxygen atoms in total. The molecule has 3 aromatic rings. The molecule has 0 radical (unpaired) electrons. The van der Waals surface area contributed by atoms with E-state index in [1.807, 2.05) is 13.0 Å². The summed E-state index contributed by atoms with van der Waals surface area (Å²) in [6.45, 7) is 2.25. The highest BCUT2D eigenvalue weighted by molar-refractivity contribution is 5.67. The maximum atomic E-state index is 14.8. The lowest BCUT2D eigenvalue weighted by Crippen LogP contribution is -2.08. The van der Waals surface area contributed by atoms with Crippen LogP contribution in [0.1, 0.15) is 43.7 Å². The number of hydrogen-bond acceptors (Lipinski definition) is 2. The lowest BCUT2D eigenvalue weighted by Gasteiger charge is -2.22. The smallest absolute Gasteiger partial charge is 0.166 e. The van der Waals surface area contributed by atoms with E-state index in [1.54, 1.807) is 49.6 Å². The molecule has 34 heavy (non-hydrogen) atoms. The molecule has 0 saturated carbocycles. The highest BCUT2D eigenvalue weighted by atomic mass is 19.2. The molecule has 0 aromatic heterocycles. The number of ether oxygens (including phenoxy) is 2. The number of hydrogen-bond donors (Lipinski definition) is 0. The maximum absolute atomic E-state index is 14.8. The molecule has 1 aliphatic rings. The topological polar surface area (TPSA) is 18.5 Å². The van der Waals surface area contributed by atoms with Crippen molar-refractivity contribution in [3.63, 3.8) is 0 Å². The monoisotopic (exact) mass is 466 g/mol. The molecule has 0 saturated heterocycles. The minimum atomic E-state index is -0.814. The quantitative estimate of drug-likeness (QED) is 0.335. The van der Waals surface area contributed by atoms with Gasteiger partial charge in [-0.3, -0.25) is 0 Å². The zero-order valence-corrected chi connectivity index (χ0v) is 19.5. The SMILES string of the molecule is CCOc1ccc(C2=CCC(CCc3ccc(-c4ccc(OC)cc4)c(F)c3F)CC2)cc1F. The summed E-state index contributed by atoms with van der Waals surface area (Å²) in [5, 5.41) is 0. The molecule has 0 heterocycles. The minimum absolute atomic E-state index is 0.247. The van der Waals surface area contributed by atoms with Crippen LogP contribution in [0.5, 0.6) is 11.5 Å². The van der Waals surface area contributed by atoms with Gasteiger partial charge in [0.15, 0.2) is 23.2 Å². The van der Waals surface area contributed by atoms with E-state index in [4.69, 9.17) is 9.47 Å². The van der Waals surface area contributed by atoms with Gasteiger partial charge in [-0.15, -0.1) is 0 Å². The first-order valence-corrected chi connectivity index (χ1v) is 11.7. The maximum Gasteiger partial charge on any atom is 0.166 e. The molecule has 4 rings (SSSR count). The van der Waals surface area contributed by atoms with Gasteiger partial charge in [0.25, 0.3) is 0 Å². The number of aryl methyl sites for hydroxylation is 1. The minimum Gasteiger partial charge on any atom is -0.497 e. The highest BCUT2D eigenvalue weighted by Crippen LogP contribution is 2.35. The Bertz CT molecular complexity index is 1170. The Hall–Kier alpha value is -3.21. The number of halogens is 3. The Balaban J connectivity index is 1.38. The van der Waals surface area contributed by atoms with Crippen LogP contribution in [0.2, 0.25) is 0 Å². The van der Waals surface area contributed by atoms with E-state index in [-0.39, 0.29) is 17.1 Å². The van der Waals surface area contributed by atoms with E-state index in [9.17, 15) is 13.2 Å². The number of benzene rings is 3. The second-order valence-corrected chi connectivity index (χ2v) is 8.62. The van der Waals surface area contributed by atoms with Crippen LogP contribution in [0.3, 0.4) is 0 Å². The Morgan fingerprint density at radius 3 is 2.32 bits per heavy atom. The lowest BCUT2D eigenvalue weighted by atomic mass is 9.83. The van der Waals surface area contributed by atoms with Crippen LogP contribution in [0.4, 0.5) is 13.2 Å². The van der Waals surface area contributed by atoms with Crippen molar-refractivity contribution in [3.05, 3.63) is 89.3 Å². The highest BCUT2D eigenvalue weighted by Gasteiger charge is 2.19. The fourth-order valence-corrected chi connectivity index (χ4v) is 4.52. The summed E-state index contributed by atoms with van der Waals surface area (Å²) in [5.41, 5.74) is 3.26. The van der Waals surface area contributed by atoms with Crippen molar-refractivity contribution in [1.29, 1.82) is 0 Å². The third kappa shape index (κ3) is 5.30. The van der Waals surface area contributed by atoms with E-state index < -0.39 is 11.6 Å². The van der Waals surface area contributed by atoms with Crippen molar-refractivity contribution in [1.82, 2.24) is 0 Å². The summed E-state index contributed by atoms with van der Waals surface area (Å²) in [6, 6.07) is 15.3. The summed E-state index contributed by atoms with van der Waals surface area (Å²) in [5.74, 6) is -0.611. The van der Waals surface area contributed by atoms with Gasteiger partial charge in [-0.2, -0.15) is 0 Å². The van der Waals surface area contributed by atoms with Crippen LogP contribution in [-0.4, -0.2) is 13.7 Å². The van der Waals surface area contributed by atoms with Gasteiger partial charge in [0.05, 0.1) is 13.7 Å². The van der Waals surface area contributed by atoms with Crippen LogP contribution in [-0.2, 0) is 6.42 Å². The fourth-order valence-electron chi connectivity index (χ4n) is 4.52. The molecule has 3 aromatic carbocycles. The Morgan fingerprint density at radius 1 is 0.912 bits per heavy atom. The van der Waals surface area contributed by atoms with Crippen LogP contribution in [0.15, 0.2) is 60.7 Å². The van der Waals surface area contributed by atoms with Gasteiger partial charge in [-0.05, 0) is 91.5 Å². The predicted octanol–water partition coefficient (Wildman–Crippen LogP) is 7.99. The molecule has 0 aliphatic heterocycles. The molecular weight excluding hydrogens is 437 g/mol. The zero-order chi connectivity index (χ0) is 24.1. The molecule has 1 unspecified atom stereocenters. The predicted molar refractivity (Wildman–Crippen MR) is 130 cm³/mol. The Kier molecular flexibility index (Phi) is 7.61. The molecule has 1 aliphatic carbocycles. The summed E-state index contributed by atoms with van der Waals surface area (Å²) < 4.78 is 54.2. The van der Waals surface area contributed by atoms with Crippen molar-refractivity contribution < 1.29 is 22.6 Å². The van der Waals surface area contributed by atoms with Gasteiger partial charge in [-0.25, -0.2) is 13.2 Å². The van der Waals surface area contributed by atoms with Crippen molar-refractivity contribution in [3.8, 4) is 22.6 Å². The van der Waals surface area contributed by atoms with Crippen molar-refractivity contribution >= 4 is 5.57 Å². The number of methoxy groups -OCH3 is 1. The van der Waals surface area contributed by atoms with Gasteiger partial charge >= 0.3 is 0 Å². The molecule has 1 atom stereocenters. The summed E-state index contributed by atoms with van der Waals surface area (Å²) in [6.07, 6.45) is 6.03. The molecular formula is C29H29F3O2. The van der Waals surface area contributed by atoms with Crippen molar-refractivity contribution in [2.24, 2.45) is 5.92 Å². The van der Waals surface area contributed by atoms with E-state index >= 15 is 0 Å². The molecule has 0 amide bonds. The summed E-state index contributed by atoms with van der Waals surface area (Å²) in [7, 11) is 1.56.